The summed E-state index contributed by atoms with van der Waals surface area (Å²) in [6.07, 6.45) is 4.30. The van der Waals surface area contributed by atoms with Crippen LogP contribution in [0.1, 0.15) is 18.3 Å². The lowest BCUT2D eigenvalue weighted by Crippen LogP contribution is -2.19. The van der Waals surface area contributed by atoms with Crippen molar-refractivity contribution >= 4 is 16.6 Å². The van der Waals surface area contributed by atoms with E-state index in [2.05, 4.69) is 41.8 Å². The molecule has 2 aromatic rings. The van der Waals surface area contributed by atoms with Crippen LogP contribution in [-0.4, -0.2) is 28.0 Å². The molecule has 0 spiro atoms. The first-order valence-corrected chi connectivity index (χ1v) is 6.54. The first-order valence-electron chi connectivity index (χ1n) is 6.54. The summed E-state index contributed by atoms with van der Waals surface area (Å²) in [5.41, 5.74) is 4.99. The quantitative estimate of drug-likeness (QED) is 0.795. The molecule has 1 aliphatic rings. The molecule has 0 saturated heterocycles. The van der Waals surface area contributed by atoms with Crippen LogP contribution in [0.3, 0.4) is 0 Å². The second-order valence-electron chi connectivity index (χ2n) is 5.27. The zero-order valence-electron chi connectivity index (χ0n) is 11.9. The molecule has 0 saturated carbocycles. The zero-order chi connectivity index (χ0) is 14.3. The van der Waals surface area contributed by atoms with Crippen molar-refractivity contribution in [3.63, 3.8) is 0 Å². The van der Waals surface area contributed by atoms with Crippen LogP contribution < -0.4 is 0 Å². The van der Waals surface area contributed by atoms with Gasteiger partial charge in [0, 0.05) is 32.4 Å². The monoisotopic (exact) mass is 264 g/mol. The molecule has 3 rings (SSSR count). The average Bonchev–Trinajstić information content (AvgIpc) is 2.74. The molecular formula is C16H16N4. The number of benzene rings is 1. The highest BCUT2D eigenvalue weighted by molar-refractivity contribution is 5.82. The summed E-state index contributed by atoms with van der Waals surface area (Å²) < 4.78 is 2.09. The number of imidazole rings is 1. The lowest BCUT2D eigenvalue weighted by molar-refractivity contribution is 0.506. The lowest BCUT2D eigenvalue weighted by Gasteiger charge is -2.21. The highest BCUT2D eigenvalue weighted by Crippen LogP contribution is 2.25. The van der Waals surface area contributed by atoms with Gasteiger partial charge in [0.15, 0.2) is 0 Å². The Labute approximate surface area is 118 Å². The van der Waals surface area contributed by atoms with Crippen LogP contribution in [0.5, 0.6) is 0 Å². The number of nitriles is 1. The Bertz CT molecular complexity index is 787. The molecule has 100 valence electrons. The average molecular weight is 264 g/mol. The van der Waals surface area contributed by atoms with Gasteiger partial charge in [0.25, 0.3) is 0 Å². The predicted molar refractivity (Wildman–Crippen MR) is 79.8 cm³/mol. The Hall–Kier alpha value is -2.54. The van der Waals surface area contributed by atoms with Gasteiger partial charge < -0.3 is 9.47 Å². The fraction of sp³-hybridized carbons (Fsp3) is 0.250. The van der Waals surface area contributed by atoms with Crippen molar-refractivity contribution in [1.82, 2.24) is 14.5 Å². The van der Waals surface area contributed by atoms with E-state index >= 15 is 0 Å². The van der Waals surface area contributed by atoms with Gasteiger partial charge in [0.2, 0.25) is 0 Å². The number of nitrogens with zero attached hydrogens (tertiary/aromatic N) is 4. The van der Waals surface area contributed by atoms with Gasteiger partial charge >= 0.3 is 0 Å². The summed E-state index contributed by atoms with van der Waals surface area (Å²) in [6, 6.07) is 7.79. The van der Waals surface area contributed by atoms with Gasteiger partial charge in [0.05, 0.1) is 22.7 Å². The van der Waals surface area contributed by atoms with Crippen LogP contribution >= 0.6 is 0 Å². The van der Waals surface area contributed by atoms with E-state index < -0.39 is 0 Å². The number of fused-ring (bicyclic) bond motifs is 1. The number of aromatic nitrogens is 2. The van der Waals surface area contributed by atoms with Crippen molar-refractivity contribution < 1.29 is 0 Å². The van der Waals surface area contributed by atoms with Gasteiger partial charge in [0.1, 0.15) is 5.82 Å². The Morgan fingerprint density at radius 1 is 1.30 bits per heavy atom. The summed E-state index contributed by atoms with van der Waals surface area (Å²) in [4.78, 5) is 6.86. The standard InChI is InChI=1S/C16H16N4/c1-11-6-13(10-19(2)9-11)16-18-14-7-12(8-17)4-5-15(14)20(16)3/h4-7,9H,10H2,1-3H3. The molecule has 4 heteroatoms. The zero-order valence-corrected chi connectivity index (χ0v) is 11.9. The van der Waals surface area contributed by atoms with Crippen LogP contribution in [0.2, 0.25) is 0 Å². The Morgan fingerprint density at radius 3 is 2.80 bits per heavy atom. The Morgan fingerprint density at radius 2 is 2.10 bits per heavy atom. The topological polar surface area (TPSA) is 44.9 Å². The normalized spacial score (nSPS) is 15.0. The molecular weight excluding hydrogens is 248 g/mol. The van der Waals surface area contributed by atoms with Crippen molar-refractivity contribution in [3.8, 4) is 6.07 Å². The molecule has 0 atom stereocenters. The van der Waals surface area contributed by atoms with Crippen molar-refractivity contribution in [2.24, 2.45) is 7.05 Å². The minimum atomic E-state index is 0.646. The van der Waals surface area contributed by atoms with Gasteiger partial charge in [-0.05, 0) is 36.8 Å². The van der Waals surface area contributed by atoms with E-state index in [0.717, 1.165) is 23.4 Å². The summed E-state index contributed by atoms with van der Waals surface area (Å²) in [6.45, 7) is 2.94. The molecule has 0 aliphatic carbocycles. The van der Waals surface area contributed by atoms with Gasteiger partial charge in [-0.3, -0.25) is 0 Å². The van der Waals surface area contributed by atoms with Gasteiger partial charge in [-0.2, -0.15) is 5.26 Å². The molecule has 0 fully saturated rings. The summed E-state index contributed by atoms with van der Waals surface area (Å²) in [7, 11) is 4.08. The number of likely N-dealkylation sites (N-methyl/N-ethyl adjacent to an activating group) is 1. The van der Waals surface area contributed by atoms with Crippen LogP contribution in [-0.2, 0) is 7.05 Å². The largest absolute Gasteiger partial charge is 0.376 e. The maximum Gasteiger partial charge on any atom is 0.138 e. The molecule has 1 aromatic heterocycles. The van der Waals surface area contributed by atoms with E-state index in [1.165, 1.54) is 11.1 Å². The third-order valence-electron chi connectivity index (χ3n) is 3.54. The fourth-order valence-corrected chi connectivity index (χ4v) is 2.71. The van der Waals surface area contributed by atoms with E-state index in [0.29, 0.717) is 5.56 Å². The SMILES string of the molecule is CC1=CN(C)CC(c2nc3cc(C#N)ccc3n2C)=C1. The third kappa shape index (κ3) is 1.97. The second kappa shape index (κ2) is 4.53. The molecule has 1 aromatic carbocycles. The summed E-state index contributed by atoms with van der Waals surface area (Å²) >= 11 is 0. The number of hydrogen-bond donors (Lipinski definition) is 0. The highest BCUT2D eigenvalue weighted by atomic mass is 15.1. The predicted octanol–water partition coefficient (Wildman–Crippen LogP) is 2.68. The maximum atomic E-state index is 8.98. The van der Waals surface area contributed by atoms with Gasteiger partial charge in [-0.25, -0.2) is 4.98 Å². The number of rotatable bonds is 1. The van der Waals surface area contributed by atoms with E-state index in [-0.39, 0.29) is 0 Å². The molecule has 20 heavy (non-hydrogen) atoms. The van der Waals surface area contributed by atoms with E-state index in [1.807, 2.05) is 25.2 Å². The lowest BCUT2D eigenvalue weighted by atomic mass is 10.1. The van der Waals surface area contributed by atoms with Crippen LogP contribution in [0.25, 0.3) is 16.6 Å². The Balaban J connectivity index is 2.16. The molecule has 2 heterocycles. The molecule has 4 nitrogen and oxygen atoms in total. The first-order chi connectivity index (χ1) is 9.58. The minimum Gasteiger partial charge on any atom is -0.376 e. The van der Waals surface area contributed by atoms with Crippen molar-refractivity contribution in [1.29, 1.82) is 5.26 Å². The third-order valence-corrected chi connectivity index (χ3v) is 3.54. The maximum absolute atomic E-state index is 8.98. The van der Waals surface area contributed by atoms with Crippen molar-refractivity contribution in [3.05, 3.63) is 47.4 Å². The van der Waals surface area contributed by atoms with Gasteiger partial charge in [-0.1, -0.05) is 0 Å². The summed E-state index contributed by atoms with van der Waals surface area (Å²) in [5, 5.41) is 8.98. The molecule has 1 aliphatic heterocycles. The van der Waals surface area contributed by atoms with E-state index in [4.69, 9.17) is 10.2 Å². The molecule has 0 amide bonds. The van der Waals surface area contributed by atoms with Crippen LogP contribution in [0, 0.1) is 11.3 Å². The molecule has 0 radical (unpaired) electrons. The van der Waals surface area contributed by atoms with Crippen LogP contribution in [0.4, 0.5) is 0 Å². The number of hydrogen-bond acceptors (Lipinski definition) is 3. The molecule has 0 N–H and O–H groups in total. The molecule has 0 unspecified atom stereocenters. The van der Waals surface area contributed by atoms with Crippen molar-refractivity contribution in [2.75, 3.05) is 13.6 Å². The highest BCUT2D eigenvalue weighted by Gasteiger charge is 2.16. The fourth-order valence-electron chi connectivity index (χ4n) is 2.71. The van der Waals surface area contributed by atoms with E-state index in [1.54, 1.807) is 0 Å². The minimum absolute atomic E-state index is 0.646. The Kier molecular flexibility index (Phi) is 2.83. The number of allylic oxidation sites excluding steroid dienone is 2. The number of aryl methyl sites for hydroxylation is 1. The summed E-state index contributed by atoms with van der Waals surface area (Å²) in [5.74, 6) is 0.967. The smallest absolute Gasteiger partial charge is 0.138 e. The van der Waals surface area contributed by atoms with Crippen molar-refractivity contribution in [2.45, 2.75) is 6.92 Å². The van der Waals surface area contributed by atoms with Gasteiger partial charge in [-0.15, -0.1) is 0 Å². The second-order valence-corrected chi connectivity index (χ2v) is 5.27. The first kappa shape index (κ1) is 12.5. The van der Waals surface area contributed by atoms with E-state index in [9.17, 15) is 0 Å². The molecule has 0 bridgehead atoms. The van der Waals surface area contributed by atoms with Crippen LogP contribution in [0.15, 0.2) is 36.0 Å².